The van der Waals surface area contributed by atoms with Crippen LogP contribution >= 0.6 is 0 Å². The predicted molar refractivity (Wildman–Crippen MR) is 59.0 cm³/mol. The van der Waals surface area contributed by atoms with E-state index < -0.39 is 0 Å². The molecule has 0 aliphatic rings. The van der Waals surface area contributed by atoms with Gasteiger partial charge in [-0.25, -0.2) is 0 Å². The van der Waals surface area contributed by atoms with Gasteiger partial charge in [0.2, 0.25) is 0 Å². The fraction of sp³-hybridized carbons (Fsp3) is 1.00. The van der Waals surface area contributed by atoms with Gasteiger partial charge in [-0.3, -0.25) is 0 Å². The summed E-state index contributed by atoms with van der Waals surface area (Å²) in [7, 11) is 1.79. The molecule has 0 bridgehead atoms. The molecule has 0 aliphatic carbocycles. The van der Waals surface area contributed by atoms with Crippen molar-refractivity contribution in [2.45, 2.75) is 52.9 Å². The number of hydrogen-bond donors (Lipinski definition) is 0. The minimum Gasteiger partial charge on any atom is -0.385 e. The van der Waals surface area contributed by atoms with E-state index in [0.29, 0.717) is 0 Å². The van der Waals surface area contributed by atoms with Gasteiger partial charge in [0.15, 0.2) is 0 Å². The summed E-state index contributed by atoms with van der Waals surface area (Å²) in [6.07, 6.45) is 6.59. The highest BCUT2D eigenvalue weighted by atomic mass is 16.5. The topological polar surface area (TPSA) is 9.23 Å². The lowest BCUT2D eigenvalue weighted by atomic mass is 9.85. The molecule has 0 radical (unpaired) electrons. The second-order valence-electron chi connectivity index (χ2n) is 4.07. The van der Waals surface area contributed by atoms with Crippen molar-refractivity contribution in [1.82, 2.24) is 0 Å². The van der Waals surface area contributed by atoms with Crippen molar-refractivity contribution in [3.8, 4) is 0 Å². The Morgan fingerprint density at radius 1 is 1.15 bits per heavy atom. The summed E-state index contributed by atoms with van der Waals surface area (Å²) in [5.41, 5.74) is 0. The van der Waals surface area contributed by atoms with Crippen LogP contribution in [0.1, 0.15) is 52.9 Å². The standard InChI is InChI=1S/C12H26O/c1-5-8-11(3)12(6-2)9-7-10-13-4/h11-12H,5-10H2,1-4H3. The summed E-state index contributed by atoms with van der Waals surface area (Å²) in [6, 6.07) is 0. The van der Waals surface area contributed by atoms with Crippen molar-refractivity contribution in [1.29, 1.82) is 0 Å². The van der Waals surface area contributed by atoms with E-state index in [9.17, 15) is 0 Å². The molecule has 0 fully saturated rings. The Bertz CT molecular complexity index is 101. The summed E-state index contributed by atoms with van der Waals surface area (Å²) in [6.45, 7) is 7.90. The Kier molecular flexibility index (Phi) is 8.53. The highest BCUT2D eigenvalue weighted by molar-refractivity contribution is 4.64. The first-order valence-electron chi connectivity index (χ1n) is 5.75. The van der Waals surface area contributed by atoms with Gasteiger partial charge in [-0.05, 0) is 24.7 Å². The molecule has 0 amide bonds. The molecule has 0 aromatic carbocycles. The van der Waals surface area contributed by atoms with Gasteiger partial charge < -0.3 is 4.74 Å². The van der Waals surface area contributed by atoms with Crippen LogP contribution in [0.5, 0.6) is 0 Å². The molecule has 0 aromatic heterocycles. The highest BCUT2D eigenvalue weighted by Gasteiger charge is 2.13. The summed E-state index contributed by atoms with van der Waals surface area (Å²) in [5.74, 6) is 1.81. The van der Waals surface area contributed by atoms with Crippen molar-refractivity contribution in [3.63, 3.8) is 0 Å². The van der Waals surface area contributed by atoms with E-state index in [1.807, 2.05) is 0 Å². The normalized spacial score (nSPS) is 15.7. The van der Waals surface area contributed by atoms with Crippen molar-refractivity contribution in [2.75, 3.05) is 13.7 Å². The molecule has 2 unspecified atom stereocenters. The van der Waals surface area contributed by atoms with Gasteiger partial charge in [0.1, 0.15) is 0 Å². The molecule has 13 heavy (non-hydrogen) atoms. The molecule has 0 N–H and O–H groups in total. The molecule has 2 atom stereocenters. The molecule has 0 aliphatic heterocycles. The lowest BCUT2D eigenvalue weighted by Gasteiger charge is -2.21. The Morgan fingerprint density at radius 2 is 1.85 bits per heavy atom. The first kappa shape index (κ1) is 13.0. The zero-order valence-electron chi connectivity index (χ0n) is 9.81. The van der Waals surface area contributed by atoms with Crippen LogP contribution in [0.3, 0.4) is 0 Å². The fourth-order valence-electron chi connectivity index (χ4n) is 2.07. The van der Waals surface area contributed by atoms with Crippen LogP contribution in [0.25, 0.3) is 0 Å². The quantitative estimate of drug-likeness (QED) is 0.523. The van der Waals surface area contributed by atoms with E-state index in [1.54, 1.807) is 7.11 Å². The highest BCUT2D eigenvalue weighted by Crippen LogP contribution is 2.24. The Labute approximate surface area is 83.9 Å². The molecule has 0 spiro atoms. The first-order valence-corrected chi connectivity index (χ1v) is 5.75. The lowest BCUT2D eigenvalue weighted by molar-refractivity contribution is 0.178. The van der Waals surface area contributed by atoms with Crippen LogP contribution in [-0.4, -0.2) is 13.7 Å². The summed E-state index contributed by atoms with van der Waals surface area (Å²) >= 11 is 0. The second-order valence-corrected chi connectivity index (χ2v) is 4.07. The SMILES string of the molecule is CCCC(C)C(CC)CCCOC. The average Bonchev–Trinajstić information content (AvgIpc) is 2.13. The average molecular weight is 186 g/mol. The second kappa shape index (κ2) is 8.55. The third-order valence-electron chi connectivity index (χ3n) is 3.00. The van der Waals surface area contributed by atoms with Crippen molar-refractivity contribution in [3.05, 3.63) is 0 Å². The maximum atomic E-state index is 5.08. The lowest BCUT2D eigenvalue weighted by Crippen LogP contribution is -2.11. The van der Waals surface area contributed by atoms with Gasteiger partial charge in [0.25, 0.3) is 0 Å². The molecule has 0 aromatic rings. The molecule has 0 saturated carbocycles. The van der Waals surface area contributed by atoms with E-state index in [4.69, 9.17) is 4.74 Å². The first-order chi connectivity index (χ1) is 6.26. The summed E-state index contributed by atoms with van der Waals surface area (Å²) in [5, 5.41) is 0. The number of hydrogen-bond acceptors (Lipinski definition) is 1. The van der Waals surface area contributed by atoms with E-state index >= 15 is 0 Å². The van der Waals surface area contributed by atoms with Gasteiger partial charge in [0, 0.05) is 13.7 Å². The molecule has 1 heteroatoms. The van der Waals surface area contributed by atoms with E-state index in [0.717, 1.165) is 18.4 Å². The van der Waals surface area contributed by atoms with Crippen molar-refractivity contribution < 1.29 is 4.74 Å². The van der Waals surface area contributed by atoms with Crippen LogP contribution in [0.15, 0.2) is 0 Å². The van der Waals surface area contributed by atoms with Crippen LogP contribution in [0, 0.1) is 11.8 Å². The maximum Gasteiger partial charge on any atom is 0.0462 e. The van der Waals surface area contributed by atoms with E-state index in [2.05, 4.69) is 20.8 Å². The molecule has 1 nitrogen and oxygen atoms in total. The molecule has 80 valence electrons. The number of ether oxygens (including phenoxy) is 1. The molecular formula is C12H26O. The molecule has 0 saturated heterocycles. The zero-order valence-corrected chi connectivity index (χ0v) is 9.81. The largest absolute Gasteiger partial charge is 0.385 e. The minimum absolute atomic E-state index is 0.895. The smallest absolute Gasteiger partial charge is 0.0462 e. The van der Waals surface area contributed by atoms with Crippen LogP contribution < -0.4 is 0 Å². The number of methoxy groups -OCH3 is 1. The van der Waals surface area contributed by atoms with Gasteiger partial charge in [-0.1, -0.05) is 40.0 Å². The molecular weight excluding hydrogens is 160 g/mol. The van der Waals surface area contributed by atoms with Crippen molar-refractivity contribution in [2.24, 2.45) is 11.8 Å². The van der Waals surface area contributed by atoms with Gasteiger partial charge in [0.05, 0.1) is 0 Å². The Morgan fingerprint density at radius 3 is 2.31 bits per heavy atom. The number of rotatable bonds is 8. The van der Waals surface area contributed by atoms with Crippen molar-refractivity contribution >= 4 is 0 Å². The zero-order chi connectivity index (χ0) is 10.1. The fourth-order valence-corrected chi connectivity index (χ4v) is 2.07. The summed E-state index contributed by atoms with van der Waals surface area (Å²) in [4.78, 5) is 0. The monoisotopic (exact) mass is 186 g/mol. The van der Waals surface area contributed by atoms with E-state index in [1.165, 1.54) is 32.1 Å². The van der Waals surface area contributed by atoms with Gasteiger partial charge >= 0.3 is 0 Å². The third-order valence-corrected chi connectivity index (χ3v) is 3.00. The minimum atomic E-state index is 0.895. The van der Waals surface area contributed by atoms with Gasteiger partial charge in [-0.15, -0.1) is 0 Å². The van der Waals surface area contributed by atoms with Gasteiger partial charge in [-0.2, -0.15) is 0 Å². The molecule has 0 rings (SSSR count). The summed E-state index contributed by atoms with van der Waals surface area (Å²) < 4.78 is 5.08. The Balaban J connectivity index is 3.60. The Hall–Kier alpha value is -0.0400. The van der Waals surface area contributed by atoms with E-state index in [-0.39, 0.29) is 0 Å². The van der Waals surface area contributed by atoms with Crippen LogP contribution in [-0.2, 0) is 4.74 Å². The molecule has 0 heterocycles. The van der Waals surface area contributed by atoms with Crippen LogP contribution in [0.4, 0.5) is 0 Å². The third kappa shape index (κ3) is 6.09. The maximum absolute atomic E-state index is 5.08. The van der Waals surface area contributed by atoms with Crippen LogP contribution in [0.2, 0.25) is 0 Å². The predicted octanol–water partition coefficient (Wildman–Crippen LogP) is 3.88.